The van der Waals surface area contributed by atoms with E-state index < -0.39 is 14.9 Å². The van der Waals surface area contributed by atoms with Crippen molar-refractivity contribution < 1.29 is 13.3 Å². The molecule has 11 heteroatoms. The molecule has 10 nitrogen and oxygen atoms in total. The summed E-state index contributed by atoms with van der Waals surface area (Å²) in [6.45, 7) is 4.84. The van der Waals surface area contributed by atoms with Crippen LogP contribution in [0.25, 0.3) is 0 Å². The van der Waals surface area contributed by atoms with Crippen LogP contribution >= 0.6 is 0 Å². The number of piperidine rings is 1. The molecule has 0 saturated carbocycles. The third-order valence-corrected chi connectivity index (χ3v) is 8.19. The number of aromatic nitrogens is 2. The number of benzene rings is 1. The second-order valence-electron chi connectivity index (χ2n) is 8.14. The standard InChI is InChI=1S/C21H28N6O4S/c1-2-17-5-3-4-12-26(17)21-11-10-20(22-23-21)24-13-15-25(16-14-24)32(30,31)19-8-6-18(7-9-19)27(28)29/h6-11,17H,2-5,12-16H2,1H3. The number of hydrogen-bond acceptors (Lipinski definition) is 8. The van der Waals surface area contributed by atoms with Crippen LogP contribution in [-0.4, -0.2) is 66.6 Å². The minimum absolute atomic E-state index is 0.0627. The summed E-state index contributed by atoms with van der Waals surface area (Å²) in [5.41, 5.74) is -0.134. The summed E-state index contributed by atoms with van der Waals surface area (Å²) in [5.74, 6) is 1.64. The van der Waals surface area contributed by atoms with E-state index in [0.717, 1.165) is 24.6 Å². The molecule has 2 aliphatic rings. The fourth-order valence-electron chi connectivity index (χ4n) is 4.41. The quantitative estimate of drug-likeness (QED) is 0.478. The smallest absolute Gasteiger partial charge is 0.269 e. The van der Waals surface area contributed by atoms with Gasteiger partial charge in [-0.1, -0.05) is 6.92 Å². The van der Waals surface area contributed by atoms with Crippen LogP contribution in [0.3, 0.4) is 0 Å². The average molecular weight is 461 g/mol. The molecule has 2 aromatic rings. The molecule has 0 bridgehead atoms. The summed E-state index contributed by atoms with van der Waals surface area (Å²) in [6, 6.07) is 9.48. The lowest BCUT2D eigenvalue weighted by atomic mass is 10.0. The number of non-ortho nitro benzene ring substituents is 1. The summed E-state index contributed by atoms with van der Waals surface area (Å²) in [7, 11) is -3.70. The van der Waals surface area contributed by atoms with E-state index in [1.54, 1.807) is 0 Å². The Kier molecular flexibility index (Phi) is 6.56. The fourth-order valence-corrected chi connectivity index (χ4v) is 5.84. The van der Waals surface area contributed by atoms with E-state index in [9.17, 15) is 18.5 Å². The van der Waals surface area contributed by atoms with Crippen molar-refractivity contribution in [2.75, 3.05) is 42.5 Å². The molecule has 0 N–H and O–H groups in total. The van der Waals surface area contributed by atoms with Crippen molar-refractivity contribution in [3.05, 3.63) is 46.5 Å². The van der Waals surface area contributed by atoms with Gasteiger partial charge in [0, 0.05) is 50.9 Å². The fraction of sp³-hybridized carbons (Fsp3) is 0.524. The van der Waals surface area contributed by atoms with E-state index in [-0.39, 0.29) is 10.6 Å². The zero-order chi connectivity index (χ0) is 22.7. The molecule has 1 atom stereocenters. The SMILES string of the molecule is CCC1CCCCN1c1ccc(N2CCN(S(=O)(=O)c3ccc([N+](=O)[O-])cc3)CC2)nn1. The van der Waals surface area contributed by atoms with Gasteiger partial charge < -0.3 is 9.80 Å². The van der Waals surface area contributed by atoms with Gasteiger partial charge in [0.05, 0.1) is 9.82 Å². The minimum atomic E-state index is -3.70. The van der Waals surface area contributed by atoms with Gasteiger partial charge in [0.2, 0.25) is 10.0 Å². The van der Waals surface area contributed by atoms with Crippen molar-refractivity contribution in [3.63, 3.8) is 0 Å². The van der Waals surface area contributed by atoms with Crippen molar-refractivity contribution in [2.24, 2.45) is 0 Å². The maximum absolute atomic E-state index is 12.9. The lowest BCUT2D eigenvalue weighted by Crippen LogP contribution is -2.49. The molecule has 1 aromatic heterocycles. The molecule has 2 aliphatic heterocycles. The molecule has 0 aliphatic carbocycles. The van der Waals surface area contributed by atoms with E-state index in [0.29, 0.717) is 32.2 Å². The lowest BCUT2D eigenvalue weighted by molar-refractivity contribution is -0.384. The lowest BCUT2D eigenvalue weighted by Gasteiger charge is -2.36. The summed E-state index contributed by atoms with van der Waals surface area (Å²) in [6.07, 6.45) is 4.71. The Morgan fingerprint density at radius 1 is 0.969 bits per heavy atom. The van der Waals surface area contributed by atoms with Gasteiger partial charge in [-0.05, 0) is 49.9 Å². The largest absolute Gasteiger partial charge is 0.352 e. The maximum atomic E-state index is 12.9. The molecule has 4 rings (SSSR count). The Hall–Kier alpha value is -2.79. The number of anilines is 2. The highest BCUT2D eigenvalue weighted by Gasteiger charge is 2.30. The second kappa shape index (κ2) is 9.37. The Morgan fingerprint density at radius 3 is 2.22 bits per heavy atom. The van der Waals surface area contributed by atoms with Crippen LogP contribution in [0.5, 0.6) is 0 Å². The molecule has 1 unspecified atom stereocenters. The highest BCUT2D eigenvalue weighted by atomic mass is 32.2. The first kappa shape index (κ1) is 22.4. The summed E-state index contributed by atoms with van der Waals surface area (Å²) < 4.78 is 27.2. The average Bonchev–Trinajstić information content (AvgIpc) is 2.84. The van der Waals surface area contributed by atoms with Gasteiger partial charge in [0.25, 0.3) is 5.69 Å². The molecular weight excluding hydrogens is 432 g/mol. The first-order valence-corrected chi connectivity index (χ1v) is 12.4. The predicted molar refractivity (Wildman–Crippen MR) is 121 cm³/mol. The predicted octanol–water partition coefficient (Wildman–Crippen LogP) is 2.66. The number of sulfonamides is 1. The van der Waals surface area contributed by atoms with Gasteiger partial charge in [-0.25, -0.2) is 8.42 Å². The highest BCUT2D eigenvalue weighted by molar-refractivity contribution is 7.89. The van der Waals surface area contributed by atoms with Crippen molar-refractivity contribution in [1.82, 2.24) is 14.5 Å². The molecule has 2 saturated heterocycles. The molecule has 0 radical (unpaired) electrons. The number of hydrogen-bond donors (Lipinski definition) is 0. The Morgan fingerprint density at radius 2 is 1.62 bits per heavy atom. The van der Waals surface area contributed by atoms with Crippen LogP contribution in [-0.2, 0) is 10.0 Å². The number of nitrogens with zero attached hydrogens (tertiary/aromatic N) is 6. The van der Waals surface area contributed by atoms with E-state index in [2.05, 4.69) is 22.0 Å². The zero-order valence-electron chi connectivity index (χ0n) is 18.1. The van der Waals surface area contributed by atoms with E-state index >= 15 is 0 Å². The van der Waals surface area contributed by atoms with Crippen LogP contribution in [0.1, 0.15) is 32.6 Å². The van der Waals surface area contributed by atoms with Gasteiger partial charge in [0.1, 0.15) is 0 Å². The molecule has 0 amide bonds. The normalized spacial score (nSPS) is 20.3. The van der Waals surface area contributed by atoms with E-state index in [1.165, 1.54) is 47.8 Å². The molecule has 0 spiro atoms. The minimum Gasteiger partial charge on any atom is -0.352 e. The summed E-state index contributed by atoms with van der Waals surface area (Å²) >= 11 is 0. The molecule has 3 heterocycles. The highest BCUT2D eigenvalue weighted by Crippen LogP contribution is 2.26. The number of nitro benzene ring substituents is 1. The Labute approximate surface area is 188 Å². The molecule has 172 valence electrons. The van der Waals surface area contributed by atoms with Crippen LogP contribution in [0.4, 0.5) is 17.3 Å². The van der Waals surface area contributed by atoms with E-state index in [4.69, 9.17) is 0 Å². The second-order valence-corrected chi connectivity index (χ2v) is 10.1. The zero-order valence-corrected chi connectivity index (χ0v) is 18.9. The van der Waals surface area contributed by atoms with Crippen LogP contribution in [0.15, 0.2) is 41.3 Å². The van der Waals surface area contributed by atoms with Gasteiger partial charge in [-0.2, -0.15) is 4.31 Å². The molecule has 1 aromatic carbocycles. The summed E-state index contributed by atoms with van der Waals surface area (Å²) in [5, 5.41) is 19.7. The van der Waals surface area contributed by atoms with Gasteiger partial charge in [0.15, 0.2) is 11.6 Å². The Bertz CT molecular complexity index is 1040. The number of nitro groups is 1. The maximum Gasteiger partial charge on any atom is 0.269 e. The topological polar surface area (TPSA) is 113 Å². The Balaban J connectivity index is 1.39. The first-order valence-electron chi connectivity index (χ1n) is 11.0. The van der Waals surface area contributed by atoms with Gasteiger partial charge >= 0.3 is 0 Å². The number of piperazine rings is 1. The van der Waals surface area contributed by atoms with Crippen molar-refractivity contribution in [1.29, 1.82) is 0 Å². The van der Waals surface area contributed by atoms with Crippen LogP contribution in [0, 0.1) is 10.1 Å². The number of rotatable bonds is 6. The third-order valence-electron chi connectivity index (χ3n) is 6.28. The van der Waals surface area contributed by atoms with Crippen molar-refractivity contribution in [2.45, 2.75) is 43.5 Å². The van der Waals surface area contributed by atoms with Crippen molar-refractivity contribution in [3.8, 4) is 0 Å². The molecule has 2 fully saturated rings. The van der Waals surface area contributed by atoms with E-state index in [1.807, 2.05) is 17.0 Å². The van der Waals surface area contributed by atoms with Crippen LogP contribution < -0.4 is 9.80 Å². The van der Waals surface area contributed by atoms with Crippen molar-refractivity contribution >= 4 is 27.3 Å². The third kappa shape index (κ3) is 4.53. The summed E-state index contributed by atoms with van der Waals surface area (Å²) in [4.78, 5) is 14.7. The van der Waals surface area contributed by atoms with Gasteiger partial charge in [-0.15, -0.1) is 10.2 Å². The van der Waals surface area contributed by atoms with Crippen LogP contribution in [0.2, 0.25) is 0 Å². The monoisotopic (exact) mass is 460 g/mol. The van der Waals surface area contributed by atoms with Gasteiger partial charge in [-0.3, -0.25) is 10.1 Å². The molecular formula is C21H28N6O4S. The molecule has 32 heavy (non-hydrogen) atoms. The first-order chi connectivity index (χ1) is 15.4.